The average molecular weight is 430 g/mol. The van der Waals surface area contributed by atoms with E-state index >= 15 is 0 Å². The van der Waals surface area contributed by atoms with E-state index in [1.807, 2.05) is 12.1 Å². The third-order valence-corrected chi connectivity index (χ3v) is 6.05. The third kappa shape index (κ3) is 4.79. The van der Waals surface area contributed by atoms with Crippen molar-refractivity contribution in [3.63, 3.8) is 0 Å². The van der Waals surface area contributed by atoms with Crippen LogP contribution in [0.1, 0.15) is 16.7 Å². The highest BCUT2D eigenvalue weighted by atomic mass is 32.1. The molecular formula is C23H31N3O3S. The molecule has 1 saturated heterocycles. The second-order valence-electron chi connectivity index (χ2n) is 7.43. The molecule has 1 aliphatic rings. The van der Waals surface area contributed by atoms with Crippen LogP contribution < -0.4 is 19.5 Å². The third-order valence-electron chi connectivity index (χ3n) is 5.69. The number of hydrogen-bond donors (Lipinski definition) is 1. The summed E-state index contributed by atoms with van der Waals surface area (Å²) in [6, 6.07) is 10.2. The molecule has 0 spiro atoms. The molecule has 1 aliphatic heterocycles. The van der Waals surface area contributed by atoms with Gasteiger partial charge in [-0.05, 0) is 49.3 Å². The summed E-state index contributed by atoms with van der Waals surface area (Å²) >= 11 is 5.67. The Bertz CT molecular complexity index is 896. The van der Waals surface area contributed by atoms with Crippen LogP contribution in [0.2, 0.25) is 0 Å². The molecule has 6 nitrogen and oxygen atoms in total. The van der Waals surface area contributed by atoms with Crippen molar-refractivity contribution in [2.45, 2.75) is 20.4 Å². The van der Waals surface area contributed by atoms with Crippen molar-refractivity contribution in [3.05, 3.63) is 47.0 Å². The number of thiocarbonyl (C=S) groups is 1. The summed E-state index contributed by atoms with van der Waals surface area (Å²) in [7, 11) is 4.92. The summed E-state index contributed by atoms with van der Waals surface area (Å²) in [5.74, 6) is 2.03. The van der Waals surface area contributed by atoms with Gasteiger partial charge < -0.3 is 24.4 Å². The Labute approximate surface area is 184 Å². The molecule has 0 amide bonds. The van der Waals surface area contributed by atoms with E-state index in [0.717, 1.165) is 54.8 Å². The lowest BCUT2D eigenvalue weighted by molar-refractivity contribution is 0.175. The van der Waals surface area contributed by atoms with Gasteiger partial charge >= 0.3 is 0 Å². The molecule has 7 heteroatoms. The van der Waals surface area contributed by atoms with Gasteiger partial charge in [0.1, 0.15) is 0 Å². The standard InChI is InChI=1S/C23H31N3O3S/c1-16-7-6-8-19(17(16)2)24-23(30)26-13-11-25(12-14-26)15-18-9-10-20(27-3)22(29-5)21(18)28-4/h6-10H,11-15H2,1-5H3,(H,24,30). The zero-order chi connectivity index (χ0) is 21.7. The number of benzene rings is 2. The van der Waals surface area contributed by atoms with Gasteiger partial charge in [-0.2, -0.15) is 0 Å². The summed E-state index contributed by atoms with van der Waals surface area (Å²) in [5.41, 5.74) is 4.66. The Morgan fingerprint density at radius 1 is 0.933 bits per heavy atom. The molecule has 1 fully saturated rings. The van der Waals surface area contributed by atoms with Crippen LogP contribution in [0.25, 0.3) is 0 Å². The fourth-order valence-corrected chi connectivity index (χ4v) is 4.01. The molecule has 162 valence electrons. The SMILES string of the molecule is COc1ccc(CN2CCN(C(=S)Nc3cccc(C)c3C)CC2)c(OC)c1OC. The van der Waals surface area contributed by atoms with Crippen LogP contribution in [-0.2, 0) is 6.54 Å². The highest BCUT2D eigenvalue weighted by Crippen LogP contribution is 2.40. The summed E-state index contributed by atoms with van der Waals surface area (Å²) < 4.78 is 16.5. The topological polar surface area (TPSA) is 46.2 Å². The minimum absolute atomic E-state index is 0.634. The summed E-state index contributed by atoms with van der Waals surface area (Å²) in [6.07, 6.45) is 0. The van der Waals surface area contributed by atoms with E-state index in [-0.39, 0.29) is 0 Å². The number of hydrogen-bond acceptors (Lipinski definition) is 5. The molecule has 0 bridgehead atoms. The highest BCUT2D eigenvalue weighted by Gasteiger charge is 2.22. The average Bonchev–Trinajstić information content (AvgIpc) is 2.76. The van der Waals surface area contributed by atoms with E-state index in [4.69, 9.17) is 26.4 Å². The van der Waals surface area contributed by atoms with E-state index in [1.165, 1.54) is 11.1 Å². The van der Waals surface area contributed by atoms with Crippen molar-refractivity contribution < 1.29 is 14.2 Å². The van der Waals surface area contributed by atoms with Gasteiger partial charge in [0.25, 0.3) is 0 Å². The molecule has 0 radical (unpaired) electrons. The molecule has 0 unspecified atom stereocenters. The van der Waals surface area contributed by atoms with Crippen LogP contribution in [0.5, 0.6) is 17.2 Å². The summed E-state index contributed by atoms with van der Waals surface area (Å²) in [6.45, 7) is 8.63. The first-order valence-corrected chi connectivity index (χ1v) is 10.5. The predicted octanol–water partition coefficient (Wildman–Crippen LogP) is 3.84. The molecular weight excluding hydrogens is 398 g/mol. The molecule has 0 atom stereocenters. The van der Waals surface area contributed by atoms with Crippen LogP contribution in [0.15, 0.2) is 30.3 Å². The Kier molecular flexibility index (Phi) is 7.39. The first kappa shape index (κ1) is 22.2. The van der Waals surface area contributed by atoms with Crippen LogP contribution >= 0.6 is 12.2 Å². The lowest BCUT2D eigenvalue weighted by Gasteiger charge is -2.36. The van der Waals surface area contributed by atoms with Crippen LogP contribution in [0.4, 0.5) is 5.69 Å². The zero-order valence-corrected chi connectivity index (χ0v) is 19.3. The molecule has 30 heavy (non-hydrogen) atoms. The molecule has 1 N–H and O–H groups in total. The van der Waals surface area contributed by atoms with Crippen LogP contribution in [0, 0.1) is 13.8 Å². The smallest absolute Gasteiger partial charge is 0.203 e. The van der Waals surface area contributed by atoms with Gasteiger partial charge in [0, 0.05) is 44.0 Å². The second kappa shape index (κ2) is 10.00. The second-order valence-corrected chi connectivity index (χ2v) is 7.82. The van der Waals surface area contributed by atoms with E-state index in [1.54, 1.807) is 21.3 Å². The molecule has 1 heterocycles. The maximum Gasteiger partial charge on any atom is 0.203 e. The molecule has 2 aromatic rings. The van der Waals surface area contributed by atoms with Crippen LogP contribution in [-0.4, -0.2) is 62.4 Å². The van der Waals surface area contributed by atoms with Crippen molar-refractivity contribution in [1.82, 2.24) is 9.80 Å². The fraction of sp³-hybridized carbons (Fsp3) is 0.435. The van der Waals surface area contributed by atoms with Gasteiger partial charge in [-0.25, -0.2) is 0 Å². The Morgan fingerprint density at radius 2 is 1.63 bits per heavy atom. The fourth-order valence-electron chi connectivity index (χ4n) is 3.72. The van der Waals surface area contributed by atoms with Crippen LogP contribution in [0.3, 0.4) is 0 Å². The van der Waals surface area contributed by atoms with E-state index < -0.39 is 0 Å². The van der Waals surface area contributed by atoms with Crippen molar-refractivity contribution in [2.24, 2.45) is 0 Å². The van der Waals surface area contributed by atoms with Gasteiger partial charge in [-0.3, -0.25) is 4.90 Å². The predicted molar refractivity (Wildman–Crippen MR) is 125 cm³/mol. The van der Waals surface area contributed by atoms with Gasteiger partial charge in [0.05, 0.1) is 21.3 Å². The summed E-state index contributed by atoms with van der Waals surface area (Å²) in [5, 5.41) is 4.20. The minimum Gasteiger partial charge on any atom is -0.493 e. The monoisotopic (exact) mass is 429 g/mol. The first-order valence-electron chi connectivity index (χ1n) is 10.1. The van der Waals surface area contributed by atoms with E-state index in [2.05, 4.69) is 47.2 Å². The van der Waals surface area contributed by atoms with Crippen molar-refractivity contribution in [1.29, 1.82) is 0 Å². The molecule has 3 rings (SSSR count). The van der Waals surface area contributed by atoms with E-state index in [9.17, 15) is 0 Å². The number of piperazine rings is 1. The highest BCUT2D eigenvalue weighted by molar-refractivity contribution is 7.80. The quantitative estimate of drug-likeness (QED) is 0.700. The minimum atomic E-state index is 0.634. The maximum absolute atomic E-state index is 5.67. The first-order chi connectivity index (χ1) is 14.5. The number of nitrogens with one attached hydrogen (secondary N) is 1. The molecule has 2 aromatic carbocycles. The zero-order valence-electron chi connectivity index (χ0n) is 18.4. The van der Waals surface area contributed by atoms with Gasteiger partial charge in [0.15, 0.2) is 16.6 Å². The van der Waals surface area contributed by atoms with E-state index in [0.29, 0.717) is 11.5 Å². The number of anilines is 1. The Morgan fingerprint density at radius 3 is 2.27 bits per heavy atom. The summed E-state index contributed by atoms with van der Waals surface area (Å²) in [4.78, 5) is 4.64. The van der Waals surface area contributed by atoms with Crippen molar-refractivity contribution >= 4 is 23.0 Å². The lowest BCUT2D eigenvalue weighted by Crippen LogP contribution is -2.49. The maximum atomic E-state index is 5.67. The normalized spacial score (nSPS) is 14.4. The molecule has 0 aliphatic carbocycles. The Hall–Kier alpha value is -2.51. The van der Waals surface area contributed by atoms with Crippen molar-refractivity contribution in [3.8, 4) is 17.2 Å². The molecule has 0 aromatic heterocycles. The largest absolute Gasteiger partial charge is 0.493 e. The number of rotatable bonds is 6. The van der Waals surface area contributed by atoms with Gasteiger partial charge in [-0.1, -0.05) is 18.2 Å². The number of aryl methyl sites for hydroxylation is 1. The van der Waals surface area contributed by atoms with Crippen molar-refractivity contribution in [2.75, 3.05) is 52.8 Å². The Balaban J connectivity index is 1.61. The van der Waals surface area contributed by atoms with Gasteiger partial charge in [-0.15, -0.1) is 0 Å². The lowest BCUT2D eigenvalue weighted by atomic mass is 10.1. The number of ether oxygens (including phenoxy) is 3. The van der Waals surface area contributed by atoms with Gasteiger partial charge in [0.2, 0.25) is 5.75 Å². The number of nitrogens with zero attached hydrogens (tertiary/aromatic N) is 2. The molecule has 0 saturated carbocycles. The number of methoxy groups -OCH3 is 3.